The molecule has 0 unspecified atom stereocenters. The Morgan fingerprint density at radius 2 is 1.62 bits per heavy atom. The maximum Gasteiger partial charge on any atom is 0.274 e. The maximum atomic E-state index is 12.0. The summed E-state index contributed by atoms with van der Waals surface area (Å²) in [7, 11) is 0. The van der Waals surface area contributed by atoms with Crippen LogP contribution in [-0.2, 0) is 0 Å². The van der Waals surface area contributed by atoms with Gasteiger partial charge in [0.1, 0.15) is 10.7 Å². The number of thiocarbonyl (C=S) groups is 1. The fraction of sp³-hybridized carbons (Fsp3) is 0. The largest absolute Gasteiger partial charge is 0.389 e. The number of nitrogens with two attached hydrogens (primary N) is 2. The number of anilines is 1. The molecule has 2 amide bonds. The molecule has 0 radical (unpaired) electrons. The molecule has 0 saturated heterocycles. The lowest BCUT2D eigenvalue weighted by Crippen LogP contribution is -2.16. The molecule has 1 heterocycles. The van der Waals surface area contributed by atoms with Gasteiger partial charge in [0.05, 0.1) is 0 Å². The molecule has 1 aromatic heterocycles. The molecule has 0 aliphatic heterocycles. The summed E-state index contributed by atoms with van der Waals surface area (Å²) in [5.74, 6) is -0.904. The van der Waals surface area contributed by atoms with Crippen LogP contribution < -0.4 is 16.8 Å². The summed E-state index contributed by atoms with van der Waals surface area (Å²) in [4.78, 5) is 27.1. The minimum atomic E-state index is -0.525. The molecule has 0 aliphatic rings. The first-order chi connectivity index (χ1) is 9.97. The quantitative estimate of drug-likeness (QED) is 0.731. The molecule has 1 aromatic carbocycles. The summed E-state index contributed by atoms with van der Waals surface area (Å²) in [5.41, 5.74) is 12.3. The van der Waals surface area contributed by atoms with Crippen LogP contribution in [0.1, 0.15) is 26.4 Å². The van der Waals surface area contributed by atoms with Crippen molar-refractivity contribution < 1.29 is 9.59 Å². The SMILES string of the molecule is NC(=O)c1ccc(NC(=O)c2ccc(C(N)=S)cn2)cc1. The molecule has 0 aliphatic carbocycles. The summed E-state index contributed by atoms with van der Waals surface area (Å²) in [5, 5.41) is 2.66. The van der Waals surface area contributed by atoms with E-state index in [-0.39, 0.29) is 16.6 Å². The van der Waals surface area contributed by atoms with Gasteiger partial charge in [0.15, 0.2) is 0 Å². The van der Waals surface area contributed by atoms with E-state index in [9.17, 15) is 9.59 Å². The summed E-state index contributed by atoms with van der Waals surface area (Å²) in [6.45, 7) is 0. The molecule has 2 aromatic rings. The van der Waals surface area contributed by atoms with E-state index in [2.05, 4.69) is 10.3 Å². The van der Waals surface area contributed by atoms with E-state index in [0.717, 1.165) is 0 Å². The molecule has 0 atom stereocenters. The molecule has 0 saturated carbocycles. The molecular formula is C14H12N4O2S. The van der Waals surface area contributed by atoms with Gasteiger partial charge in [-0.15, -0.1) is 0 Å². The first-order valence-electron chi connectivity index (χ1n) is 5.94. The Labute approximate surface area is 126 Å². The molecule has 106 valence electrons. The van der Waals surface area contributed by atoms with Crippen molar-refractivity contribution in [1.82, 2.24) is 4.98 Å². The third-order valence-electron chi connectivity index (χ3n) is 2.71. The van der Waals surface area contributed by atoms with Crippen molar-refractivity contribution in [2.75, 3.05) is 5.32 Å². The minimum absolute atomic E-state index is 0.219. The Balaban J connectivity index is 2.10. The lowest BCUT2D eigenvalue weighted by Gasteiger charge is -2.06. The molecule has 5 N–H and O–H groups in total. The molecule has 2 rings (SSSR count). The number of primary amides is 1. The molecule has 0 bridgehead atoms. The van der Waals surface area contributed by atoms with Gasteiger partial charge in [-0.05, 0) is 36.4 Å². The van der Waals surface area contributed by atoms with Crippen molar-refractivity contribution >= 4 is 34.7 Å². The van der Waals surface area contributed by atoms with E-state index in [4.69, 9.17) is 23.7 Å². The van der Waals surface area contributed by atoms with Gasteiger partial charge in [-0.1, -0.05) is 12.2 Å². The standard InChI is InChI=1S/C14H12N4O2S/c15-12(19)8-1-4-10(5-2-8)18-14(20)11-6-3-9(7-17-11)13(16)21/h1-7H,(H2,15,19)(H2,16,21)(H,18,20). The highest BCUT2D eigenvalue weighted by molar-refractivity contribution is 7.80. The Hall–Kier alpha value is -2.80. The van der Waals surface area contributed by atoms with E-state index >= 15 is 0 Å². The topological polar surface area (TPSA) is 111 Å². The second-order valence-corrected chi connectivity index (χ2v) is 4.63. The van der Waals surface area contributed by atoms with E-state index in [1.54, 1.807) is 18.2 Å². The number of carbonyl (C=O) groups excluding carboxylic acids is 2. The Morgan fingerprint density at radius 1 is 1.00 bits per heavy atom. The second kappa shape index (κ2) is 6.10. The van der Waals surface area contributed by atoms with Gasteiger partial charge in [-0.2, -0.15) is 0 Å². The van der Waals surface area contributed by atoms with Crippen LogP contribution in [0.15, 0.2) is 42.6 Å². The minimum Gasteiger partial charge on any atom is -0.389 e. The highest BCUT2D eigenvalue weighted by Crippen LogP contribution is 2.11. The fourth-order valence-electron chi connectivity index (χ4n) is 1.59. The summed E-state index contributed by atoms with van der Waals surface area (Å²) in [6.07, 6.45) is 1.44. The van der Waals surface area contributed by atoms with Crippen LogP contribution in [0.5, 0.6) is 0 Å². The highest BCUT2D eigenvalue weighted by atomic mass is 32.1. The number of benzene rings is 1. The van der Waals surface area contributed by atoms with Gasteiger partial charge in [0.2, 0.25) is 5.91 Å². The molecule has 0 fully saturated rings. The van der Waals surface area contributed by atoms with Crippen molar-refractivity contribution in [3.8, 4) is 0 Å². The van der Waals surface area contributed by atoms with Crippen molar-refractivity contribution in [3.05, 3.63) is 59.4 Å². The lowest BCUT2D eigenvalue weighted by atomic mass is 10.2. The smallest absolute Gasteiger partial charge is 0.274 e. The second-order valence-electron chi connectivity index (χ2n) is 4.19. The Morgan fingerprint density at radius 3 is 2.10 bits per heavy atom. The molecular weight excluding hydrogens is 288 g/mol. The van der Waals surface area contributed by atoms with E-state index < -0.39 is 5.91 Å². The zero-order valence-electron chi connectivity index (χ0n) is 10.9. The number of hydrogen-bond donors (Lipinski definition) is 3. The highest BCUT2D eigenvalue weighted by Gasteiger charge is 2.08. The van der Waals surface area contributed by atoms with Crippen LogP contribution in [0.3, 0.4) is 0 Å². The van der Waals surface area contributed by atoms with Crippen molar-refractivity contribution in [2.45, 2.75) is 0 Å². The lowest BCUT2D eigenvalue weighted by molar-refractivity contribution is 0.0998. The molecule has 6 nitrogen and oxygen atoms in total. The molecule has 0 spiro atoms. The normalized spacial score (nSPS) is 9.90. The number of nitrogens with one attached hydrogen (secondary N) is 1. The third kappa shape index (κ3) is 3.61. The number of amides is 2. The van der Waals surface area contributed by atoms with Crippen LogP contribution in [0.4, 0.5) is 5.69 Å². The molecule has 7 heteroatoms. The average molecular weight is 300 g/mol. The average Bonchev–Trinajstić information content (AvgIpc) is 2.47. The van der Waals surface area contributed by atoms with Crippen molar-refractivity contribution in [2.24, 2.45) is 11.5 Å². The number of aromatic nitrogens is 1. The van der Waals surface area contributed by atoms with Gasteiger partial charge < -0.3 is 16.8 Å². The van der Waals surface area contributed by atoms with E-state index in [0.29, 0.717) is 16.8 Å². The van der Waals surface area contributed by atoms with E-state index in [1.807, 2.05) is 0 Å². The predicted octanol–water partition coefficient (Wildman–Crippen LogP) is 1.07. The van der Waals surface area contributed by atoms with Gasteiger partial charge in [-0.3, -0.25) is 14.6 Å². The zero-order valence-corrected chi connectivity index (χ0v) is 11.7. The maximum absolute atomic E-state index is 12.0. The number of rotatable bonds is 4. The third-order valence-corrected chi connectivity index (χ3v) is 2.94. The number of pyridine rings is 1. The predicted molar refractivity (Wildman–Crippen MR) is 83.0 cm³/mol. The van der Waals surface area contributed by atoms with Gasteiger partial charge >= 0.3 is 0 Å². The Bertz CT molecular complexity index is 696. The first-order valence-corrected chi connectivity index (χ1v) is 6.35. The van der Waals surface area contributed by atoms with Crippen LogP contribution in [0.2, 0.25) is 0 Å². The van der Waals surface area contributed by atoms with Crippen molar-refractivity contribution in [3.63, 3.8) is 0 Å². The number of hydrogen-bond acceptors (Lipinski definition) is 4. The van der Waals surface area contributed by atoms with Crippen LogP contribution >= 0.6 is 12.2 Å². The van der Waals surface area contributed by atoms with Gasteiger partial charge in [-0.25, -0.2) is 0 Å². The summed E-state index contributed by atoms with van der Waals surface area (Å²) >= 11 is 4.81. The van der Waals surface area contributed by atoms with Crippen LogP contribution in [0.25, 0.3) is 0 Å². The number of carbonyl (C=O) groups is 2. The van der Waals surface area contributed by atoms with Crippen molar-refractivity contribution in [1.29, 1.82) is 0 Å². The van der Waals surface area contributed by atoms with Crippen LogP contribution in [-0.4, -0.2) is 21.8 Å². The van der Waals surface area contributed by atoms with Gasteiger partial charge in [0.25, 0.3) is 5.91 Å². The van der Waals surface area contributed by atoms with Gasteiger partial charge in [0, 0.05) is 23.0 Å². The first kappa shape index (κ1) is 14.6. The zero-order chi connectivity index (χ0) is 15.4. The number of nitrogens with zero attached hydrogens (tertiary/aromatic N) is 1. The molecule has 21 heavy (non-hydrogen) atoms. The summed E-state index contributed by atoms with van der Waals surface area (Å²) in [6, 6.07) is 9.38. The van der Waals surface area contributed by atoms with Crippen LogP contribution in [0, 0.1) is 0 Å². The fourth-order valence-corrected chi connectivity index (χ4v) is 1.71. The van der Waals surface area contributed by atoms with E-state index in [1.165, 1.54) is 24.4 Å². The Kier molecular flexibility index (Phi) is 4.24. The monoisotopic (exact) mass is 300 g/mol. The summed E-state index contributed by atoms with van der Waals surface area (Å²) < 4.78 is 0.